The summed E-state index contributed by atoms with van der Waals surface area (Å²) in [5.41, 5.74) is 6.94. The predicted octanol–water partition coefficient (Wildman–Crippen LogP) is 4.08. The lowest BCUT2D eigenvalue weighted by Crippen LogP contribution is -2.44. The number of rotatable bonds is 5. The van der Waals surface area contributed by atoms with Gasteiger partial charge < -0.3 is 20.1 Å². The highest BCUT2D eigenvalue weighted by atomic mass is 16.1. The minimum Gasteiger partial charge on any atom is -0.366 e. The standard InChI is InChI=1S/C28H32N10O/c1-28(2,3)12-23(39)31-18-11-17(13-29-14-18)19-5-6-20-25(32-19)26(36-35-20)27-33-21-15-30-16-22(24(21)34-27)38-9-7-37(4)8-10-38/h5-6,11,13-16H,7-10,12H2,1-4H3,(H,31,39)(H,33,34)(H,35,36). The molecule has 0 spiro atoms. The second kappa shape index (κ2) is 9.73. The molecule has 1 aliphatic rings. The van der Waals surface area contributed by atoms with Crippen LogP contribution in [0.1, 0.15) is 27.2 Å². The summed E-state index contributed by atoms with van der Waals surface area (Å²) < 4.78 is 0. The number of pyridine rings is 3. The van der Waals surface area contributed by atoms with E-state index >= 15 is 0 Å². The Morgan fingerprint density at radius 2 is 1.77 bits per heavy atom. The number of amides is 1. The van der Waals surface area contributed by atoms with Crippen molar-refractivity contribution in [3.8, 4) is 22.8 Å². The third kappa shape index (κ3) is 5.17. The van der Waals surface area contributed by atoms with Crippen LogP contribution in [0.4, 0.5) is 11.4 Å². The molecule has 1 saturated heterocycles. The van der Waals surface area contributed by atoms with Crippen LogP contribution in [-0.4, -0.2) is 79.2 Å². The normalized spacial score (nSPS) is 14.8. The maximum atomic E-state index is 12.4. The number of imidazole rings is 1. The fourth-order valence-corrected chi connectivity index (χ4v) is 4.87. The van der Waals surface area contributed by atoms with E-state index in [1.165, 1.54) is 0 Å². The van der Waals surface area contributed by atoms with Gasteiger partial charge in [0.05, 0.1) is 46.7 Å². The molecular weight excluding hydrogens is 492 g/mol. The van der Waals surface area contributed by atoms with Crippen molar-refractivity contribution in [2.45, 2.75) is 27.2 Å². The third-order valence-electron chi connectivity index (χ3n) is 6.86. The van der Waals surface area contributed by atoms with Crippen molar-refractivity contribution in [1.82, 2.24) is 40.0 Å². The van der Waals surface area contributed by atoms with Crippen molar-refractivity contribution < 1.29 is 4.79 Å². The first-order chi connectivity index (χ1) is 18.7. The highest BCUT2D eigenvalue weighted by Crippen LogP contribution is 2.31. The number of H-pyrrole nitrogens is 2. The van der Waals surface area contributed by atoms with Crippen molar-refractivity contribution in [2.75, 3.05) is 43.4 Å². The third-order valence-corrected chi connectivity index (χ3v) is 6.86. The maximum absolute atomic E-state index is 12.4. The summed E-state index contributed by atoms with van der Waals surface area (Å²) in [5, 5.41) is 10.6. The van der Waals surface area contributed by atoms with Gasteiger partial charge >= 0.3 is 0 Å². The number of nitrogens with zero attached hydrogens (tertiary/aromatic N) is 7. The lowest BCUT2D eigenvalue weighted by molar-refractivity contribution is -0.117. The first-order valence-corrected chi connectivity index (χ1v) is 13.1. The fourth-order valence-electron chi connectivity index (χ4n) is 4.87. The molecule has 5 aromatic heterocycles. The topological polar surface area (TPSA) is 132 Å². The number of carbonyl (C=O) groups is 1. The van der Waals surface area contributed by atoms with Gasteiger partial charge in [0, 0.05) is 44.4 Å². The Bertz CT molecular complexity index is 1660. The number of nitrogens with one attached hydrogen (secondary N) is 3. The second-order valence-electron chi connectivity index (χ2n) is 11.3. The number of aromatic amines is 2. The van der Waals surface area contributed by atoms with Crippen LogP contribution in [0.3, 0.4) is 0 Å². The SMILES string of the molecule is CN1CCN(c2cncc3[nH]c(-c4n[nH]c5ccc(-c6cncc(NC(=O)CC(C)(C)C)c6)nc45)nc23)CC1. The molecule has 0 unspecified atom stereocenters. The number of carbonyl (C=O) groups excluding carboxylic acids is 1. The molecule has 5 aromatic rings. The van der Waals surface area contributed by atoms with E-state index in [4.69, 9.17) is 9.97 Å². The number of hydrogen-bond donors (Lipinski definition) is 3. The van der Waals surface area contributed by atoms with E-state index in [0.717, 1.165) is 59.7 Å². The van der Waals surface area contributed by atoms with Gasteiger partial charge in [-0.05, 0) is 30.7 Å². The van der Waals surface area contributed by atoms with Crippen molar-refractivity contribution in [3.05, 3.63) is 43.0 Å². The van der Waals surface area contributed by atoms with Gasteiger partial charge in [-0.3, -0.25) is 19.9 Å². The maximum Gasteiger partial charge on any atom is 0.224 e. The average molecular weight is 525 g/mol. The van der Waals surface area contributed by atoms with Gasteiger partial charge in [0.15, 0.2) is 11.5 Å². The molecule has 0 aliphatic carbocycles. The molecular formula is C28H32N10O. The highest BCUT2D eigenvalue weighted by Gasteiger charge is 2.21. The molecule has 0 bridgehead atoms. The number of aromatic nitrogens is 7. The number of hydrogen-bond acceptors (Lipinski definition) is 8. The van der Waals surface area contributed by atoms with Gasteiger partial charge in [0.1, 0.15) is 11.0 Å². The van der Waals surface area contributed by atoms with Gasteiger partial charge in [-0.25, -0.2) is 9.97 Å². The first-order valence-electron chi connectivity index (χ1n) is 13.1. The van der Waals surface area contributed by atoms with Crippen LogP contribution >= 0.6 is 0 Å². The zero-order chi connectivity index (χ0) is 27.1. The van der Waals surface area contributed by atoms with Crippen molar-refractivity contribution in [1.29, 1.82) is 0 Å². The van der Waals surface area contributed by atoms with Crippen molar-refractivity contribution in [2.24, 2.45) is 5.41 Å². The Hall–Kier alpha value is -4.38. The smallest absolute Gasteiger partial charge is 0.224 e. The Labute approximate surface area is 226 Å². The molecule has 0 saturated carbocycles. The van der Waals surface area contributed by atoms with Gasteiger partial charge in [-0.15, -0.1) is 0 Å². The number of likely N-dealkylation sites (N-methyl/N-ethyl adjacent to an activating group) is 1. The van der Waals surface area contributed by atoms with Crippen LogP contribution in [-0.2, 0) is 4.79 Å². The molecule has 1 fully saturated rings. The minimum atomic E-state index is -0.0998. The fraction of sp³-hybridized carbons (Fsp3) is 0.357. The van der Waals surface area contributed by atoms with Gasteiger partial charge in [0.25, 0.3) is 0 Å². The van der Waals surface area contributed by atoms with Crippen molar-refractivity contribution >= 4 is 39.3 Å². The molecule has 39 heavy (non-hydrogen) atoms. The quantitative estimate of drug-likeness (QED) is 0.313. The van der Waals surface area contributed by atoms with Crippen LogP contribution in [0.5, 0.6) is 0 Å². The molecule has 0 radical (unpaired) electrons. The summed E-state index contributed by atoms with van der Waals surface area (Å²) in [6.07, 6.45) is 7.49. The molecule has 1 aliphatic heterocycles. The van der Waals surface area contributed by atoms with Crippen LogP contribution in [0.15, 0.2) is 43.0 Å². The molecule has 0 aromatic carbocycles. The zero-order valence-corrected chi connectivity index (χ0v) is 22.6. The number of fused-ring (bicyclic) bond motifs is 2. The molecule has 11 heteroatoms. The summed E-state index contributed by atoms with van der Waals surface area (Å²) in [4.78, 5) is 39.1. The van der Waals surface area contributed by atoms with Crippen LogP contribution in [0.25, 0.3) is 44.8 Å². The minimum absolute atomic E-state index is 0.0442. The number of anilines is 2. The average Bonchev–Trinajstić information content (AvgIpc) is 3.52. The Balaban J connectivity index is 1.32. The molecule has 6 rings (SSSR count). The summed E-state index contributed by atoms with van der Waals surface area (Å²) in [5.74, 6) is 0.586. The van der Waals surface area contributed by atoms with Crippen LogP contribution in [0.2, 0.25) is 0 Å². The van der Waals surface area contributed by atoms with E-state index < -0.39 is 0 Å². The van der Waals surface area contributed by atoms with E-state index in [-0.39, 0.29) is 11.3 Å². The molecule has 6 heterocycles. The van der Waals surface area contributed by atoms with E-state index in [9.17, 15) is 4.79 Å². The largest absolute Gasteiger partial charge is 0.366 e. The molecule has 1 amide bonds. The first kappa shape index (κ1) is 24.9. The highest BCUT2D eigenvalue weighted by molar-refractivity contribution is 5.95. The molecule has 200 valence electrons. The summed E-state index contributed by atoms with van der Waals surface area (Å²) >= 11 is 0. The lowest BCUT2D eigenvalue weighted by atomic mass is 9.92. The van der Waals surface area contributed by atoms with Gasteiger partial charge in [-0.2, -0.15) is 5.10 Å². The van der Waals surface area contributed by atoms with E-state index in [1.807, 2.05) is 45.2 Å². The van der Waals surface area contributed by atoms with Crippen LogP contribution < -0.4 is 10.2 Å². The summed E-state index contributed by atoms with van der Waals surface area (Å²) in [6.45, 7) is 9.97. The van der Waals surface area contributed by atoms with Gasteiger partial charge in [-0.1, -0.05) is 20.8 Å². The molecule has 3 N–H and O–H groups in total. The summed E-state index contributed by atoms with van der Waals surface area (Å²) in [6, 6.07) is 5.74. The lowest BCUT2D eigenvalue weighted by Gasteiger charge is -2.33. The zero-order valence-electron chi connectivity index (χ0n) is 22.6. The Morgan fingerprint density at radius 1 is 0.974 bits per heavy atom. The van der Waals surface area contributed by atoms with E-state index in [0.29, 0.717) is 29.1 Å². The predicted molar refractivity (Wildman–Crippen MR) is 152 cm³/mol. The van der Waals surface area contributed by atoms with Crippen molar-refractivity contribution in [3.63, 3.8) is 0 Å². The monoisotopic (exact) mass is 524 g/mol. The second-order valence-corrected chi connectivity index (χ2v) is 11.3. The number of piperazine rings is 1. The molecule has 0 atom stereocenters. The van der Waals surface area contributed by atoms with E-state index in [1.54, 1.807) is 18.6 Å². The van der Waals surface area contributed by atoms with Gasteiger partial charge in [0.2, 0.25) is 5.91 Å². The Kier molecular flexibility index (Phi) is 6.22. The summed E-state index contributed by atoms with van der Waals surface area (Å²) in [7, 11) is 2.14. The van der Waals surface area contributed by atoms with E-state index in [2.05, 4.69) is 47.3 Å². The van der Waals surface area contributed by atoms with Crippen LogP contribution in [0, 0.1) is 5.41 Å². The Morgan fingerprint density at radius 3 is 2.56 bits per heavy atom. The molecule has 11 nitrogen and oxygen atoms in total.